The first-order chi connectivity index (χ1) is 7.04. The molecule has 2 N–H and O–H groups in total. The van der Waals surface area contributed by atoms with Gasteiger partial charge in [0.25, 0.3) is 0 Å². The van der Waals surface area contributed by atoms with E-state index in [9.17, 15) is 0 Å². The fourth-order valence-corrected chi connectivity index (χ4v) is 2.49. The van der Waals surface area contributed by atoms with Crippen molar-refractivity contribution in [2.75, 3.05) is 0 Å². The van der Waals surface area contributed by atoms with E-state index in [0.29, 0.717) is 5.92 Å². The van der Waals surface area contributed by atoms with Gasteiger partial charge in [-0.15, -0.1) is 0 Å². The molecule has 0 aromatic heterocycles. The van der Waals surface area contributed by atoms with Crippen molar-refractivity contribution < 1.29 is 0 Å². The van der Waals surface area contributed by atoms with Crippen LogP contribution >= 0.6 is 11.6 Å². The zero-order valence-electron chi connectivity index (χ0n) is 10.1. The number of halogens is 1. The van der Waals surface area contributed by atoms with Gasteiger partial charge in [0.15, 0.2) is 0 Å². The zero-order chi connectivity index (χ0) is 11.4. The highest BCUT2D eigenvalue weighted by atomic mass is 35.5. The summed E-state index contributed by atoms with van der Waals surface area (Å²) in [7, 11) is 0. The van der Waals surface area contributed by atoms with Crippen molar-refractivity contribution in [1.82, 2.24) is 0 Å². The van der Waals surface area contributed by atoms with E-state index < -0.39 is 0 Å². The van der Waals surface area contributed by atoms with E-state index in [1.807, 2.05) is 13.8 Å². The van der Waals surface area contributed by atoms with Crippen LogP contribution in [0.5, 0.6) is 0 Å². The predicted molar refractivity (Wildman–Crippen MR) is 67.7 cm³/mol. The topological polar surface area (TPSA) is 26.0 Å². The highest BCUT2D eigenvalue weighted by Crippen LogP contribution is 2.33. The van der Waals surface area contributed by atoms with E-state index in [2.05, 4.69) is 6.92 Å². The van der Waals surface area contributed by atoms with Gasteiger partial charge in [0, 0.05) is 5.70 Å². The van der Waals surface area contributed by atoms with E-state index in [1.54, 1.807) is 0 Å². The van der Waals surface area contributed by atoms with Crippen LogP contribution in [0.3, 0.4) is 0 Å². The van der Waals surface area contributed by atoms with Gasteiger partial charge in [0.1, 0.15) is 0 Å². The summed E-state index contributed by atoms with van der Waals surface area (Å²) in [5.41, 5.74) is 9.11. The molecule has 0 radical (unpaired) electrons. The molecule has 1 aliphatic rings. The fourth-order valence-electron chi connectivity index (χ4n) is 2.15. The van der Waals surface area contributed by atoms with Crippen LogP contribution in [0.4, 0.5) is 0 Å². The van der Waals surface area contributed by atoms with Gasteiger partial charge in [0.2, 0.25) is 0 Å². The second-order valence-electron chi connectivity index (χ2n) is 4.75. The summed E-state index contributed by atoms with van der Waals surface area (Å²) in [4.78, 5) is 0. The lowest BCUT2D eigenvalue weighted by Crippen LogP contribution is -2.11. The average Bonchev–Trinajstić information content (AvgIpc) is 2.27. The summed E-state index contributed by atoms with van der Waals surface area (Å²) in [6, 6.07) is 0. The van der Waals surface area contributed by atoms with Gasteiger partial charge >= 0.3 is 0 Å². The van der Waals surface area contributed by atoms with Crippen molar-refractivity contribution >= 4 is 11.6 Å². The molecule has 1 rings (SSSR count). The van der Waals surface area contributed by atoms with Crippen LogP contribution in [0.25, 0.3) is 0 Å². The average molecular weight is 228 g/mol. The first-order valence-corrected chi connectivity index (χ1v) is 6.21. The molecule has 1 aliphatic carbocycles. The number of rotatable bonds is 2. The third-order valence-corrected chi connectivity index (χ3v) is 3.84. The molecule has 0 aromatic rings. The standard InChI is InChI=1S/C13H22ClN/c1-9(2)13(15)12(14)10(3)11-7-5-4-6-8-11/h11H,4-8,15H2,1-3H3/b12-10+. The monoisotopic (exact) mass is 227 g/mol. The molecule has 1 fully saturated rings. The maximum Gasteiger partial charge on any atom is 0.0626 e. The molecule has 0 amide bonds. The maximum atomic E-state index is 6.31. The molecule has 0 aliphatic heterocycles. The molecule has 0 bridgehead atoms. The molecule has 1 saturated carbocycles. The van der Waals surface area contributed by atoms with E-state index in [1.165, 1.54) is 37.7 Å². The van der Waals surface area contributed by atoms with Crippen LogP contribution in [0.2, 0.25) is 0 Å². The fraction of sp³-hybridized carbons (Fsp3) is 0.692. The minimum absolute atomic E-state index is 0.657. The Labute approximate surface area is 98.4 Å². The highest BCUT2D eigenvalue weighted by Gasteiger charge is 2.18. The molecule has 1 nitrogen and oxygen atoms in total. The summed E-state index contributed by atoms with van der Waals surface area (Å²) >= 11 is 6.31. The molecule has 86 valence electrons. The Bertz CT molecular complexity index is 279. The van der Waals surface area contributed by atoms with Crippen LogP contribution in [0.15, 0.2) is 21.9 Å². The molecule has 0 aromatic carbocycles. The third-order valence-electron chi connectivity index (χ3n) is 3.34. The second kappa shape index (κ2) is 5.60. The number of hydrogen-bond acceptors (Lipinski definition) is 1. The van der Waals surface area contributed by atoms with E-state index >= 15 is 0 Å². The Kier molecular flexibility index (Phi) is 4.72. The number of hydrogen-bond donors (Lipinski definition) is 1. The Morgan fingerprint density at radius 3 is 2.07 bits per heavy atom. The summed E-state index contributed by atoms with van der Waals surface area (Å²) in [6.45, 7) is 6.14. The van der Waals surface area contributed by atoms with Crippen molar-refractivity contribution in [3.8, 4) is 0 Å². The molecular formula is C13H22ClN. The normalized spacial score (nSPS) is 19.7. The maximum absolute atomic E-state index is 6.31. The minimum Gasteiger partial charge on any atom is -0.398 e. The molecule has 0 saturated heterocycles. The van der Waals surface area contributed by atoms with Crippen molar-refractivity contribution in [3.63, 3.8) is 0 Å². The Hall–Kier alpha value is -0.430. The molecule has 0 spiro atoms. The van der Waals surface area contributed by atoms with Crippen LogP contribution in [-0.2, 0) is 0 Å². The van der Waals surface area contributed by atoms with Gasteiger partial charge in [0.05, 0.1) is 5.03 Å². The lowest BCUT2D eigenvalue weighted by molar-refractivity contribution is 0.402. The second-order valence-corrected chi connectivity index (χ2v) is 5.12. The van der Waals surface area contributed by atoms with Gasteiger partial charge in [-0.2, -0.15) is 0 Å². The van der Waals surface area contributed by atoms with Gasteiger partial charge < -0.3 is 5.73 Å². The van der Waals surface area contributed by atoms with Crippen molar-refractivity contribution in [2.45, 2.75) is 52.9 Å². The first kappa shape index (κ1) is 12.6. The Balaban J connectivity index is 2.83. The zero-order valence-corrected chi connectivity index (χ0v) is 10.8. The molecule has 2 heteroatoms. The van der Waals surface area contributed by atoms with Crippen LogP contribution in [0, 0.1) is 5.92 Å². The lowest BCUT2D eigenvalue weighted by atomic mass is 9.84. The summed E-state index contributed by atoms with van der Waals surface area (Å²) in [5.74, 6) is 0.657. The lowest BCUT2D eigenvalue weighted by Gasteiger charge is -2.23. The summed E-state index contributed by atoms with van der Waals surface area (Å²) in [5, 5.41) is 0.793. The largest absolute Gasteiger partial charge is 0.398 e. The molecule has 0 atom stereocenters. The minimum atomic E-state index is 0.657. The third kappa shape index (κ3) is 3.27. The molecule has 0 unspecified atom stereocenters. The quantitative estimate of drug-likeness (QED) is 0.699. The van der Waals surface area contributed by atoms with Crippen molar-refractivity contribution in [3.05, 3.63) is 21.9 Å². The SMILES string of the molecule is CC(C)=C(N)/C(Cl)=C(/C)C1CCCCC1. The predicted octanol–water partition coefficient (Wildman–Crippen LogP) is 4.33. The summed E-state index contributed by atoms with van der Waals surface area (Å²) < 4.78 is 0. The Morgan fingerprint density at radius 2 is 1.60 bits per heavy atom. The van der Waals surface area contributed by atoms with Crippen molar-refractivity contribution in [1.29, 1.82) is 0 Å². The summed E-state index contributed by atoms with van der Waals surface area (Å²) in [6.07, 6.45) is 6.59. The van der Waals surface area contributed by atoms with Crippen molar-refractivity contribution in [2.24, 2.45) is 11.7 Å². The first-order valence-electron chi connectivity index (χ1n) is 5.83. The molecule has 15 heavy (non-hydrogen) atoms. The van der Waals surface area contributed by atoms with Gasteiger partial charge in [-0.1, -0.05) is 36.4 Å². The molecular weight excluding hydrogens is 206 g/mol. The Morgan fingerprint density at radius 1 is 1.07 bits per heavy atom. The highest BCUT2D eigenvalue weighted by molar-refractivity contribution is 6.32. The van der Waals surface area contributed by atoms with Crippen LogP contribution in [-0.4, -0.2) is 0 Å². The van der Waals surface area contributed by atoms with Crippen LogP contribution < -0.4 is 5.73 Å². The number of allylic oxidation sites excluding steroid dienone is 3. The van der Waals surface area contributed by atoms with Gasteiger partial charge in [-0.05, 0) is 45.1 Å². The van der Waals surface area contributed by atoms with E-state index in [0.717, 1.165) is 16.3 Å². The van der Waals surface area contributed by atoms with E-state index in [-0.39, 0.29) is 0 Å². The number of nitrogens with two attached hydrogens (primary N) is 1. The molecule has 0 heterocycles. The smallest absolute Gasteiger partial charge is 0.0626 e. The van der Waals surface area contributed by atoms with Crippen LogP contribution in [0.1, 0.15) is 52.9 Å². The van der Waals surface area contributed by atoms with E-state index in [4.69, 9.17) is 17.3 Å². The van der Waals surface area contributed by atoms with Gasteiger partial charge in [-0.25, -0.2) is 0 Å². The van der Waals surface area contributed by atoms with Gasteiger partial charge in [-0.3, -0.25) is 0 Å².